The average Bonchev–Trinajstić information content (AvgIpc) is 2.93. The number of anilines is 1. The Kier molecular flexibility index (Phi) is 6.03. The maximum atomic E-state index is 5.83. The van der Waals surface area contributed by atoms with Gasteiger partial charge in [-0.15, -0.1) is 5.10 Å². The topological polar surface area (TPSA) is 54.6 Å². The first kappa shape index (κ1) is 16.6. The molecular weight excluding hydrogens is 304 g/mol. The lowest BCUT2D eigenvalue weighted by atomic mass is 10.3. The predicted octanol–water partition coefficient (Wildman–Crippen LogP) is 2.69. The molecule has 7 heteroatoms. The second kappa shape index (κ2) is 8.00. The Bertz CT molecular complexity index is 571. The van der Waals surface area contributed by atoms with Crippen molar-refractivity contribution in [2.24, 2.45) is 0 Å². The molecule has 0 aliphatic rings. The molecule has 0 N–H and O–H groups in total. The minimum Gasteiger partial charge on any atom is -0.494 e. The second-order valence-corrected chi connectivity index (χ2v) is 5.73. The van der Waals surface area contributed by atoms with E-state index in [-0.39, 0.29) is 0 Å². The van der Waals surface area contributed by atoms with Crippen LogP contribution in [0.25, 0.3) is 0 Å². The van der Waals surface area contributed by atoms with Crippen LogP contribution >= 0.6 is 11.6 Å². The number of hydrogen-bond donors (Lipinski definition) is 0. The summed E-state index contributed by atoms with van der Waals surface area (Å²) in [5, 5.41) is 8.77. The number of rotatable bonds is 8. The summed E-state index contributed by atoms with van der Waals surface area (Å²) in [7, 11) is 5.85. The van der Waals surface area contributed by atoms with Crippen LogP contribution in [-0.2, 0) is 6.54 Å². The maximum absolute atomic E-state index is 5.83. The quantitative estimate of drug-likeness (QED) is 0.696. The normalized spacial score (nSPS) is 11.0. The van der Waals surface area contributed by atoms with E-state index in [1.165, 1.54) is 0 Å². The summed E-state index contributed by atoms with van der Waals surface area (Å²) < 4.78 is 11.2. The number of benzene rings is 1. The average molecular weight is 325 g/mol. The van der Waals surface area contributed by atoms with Crippen molar-refractivity contribution in [2.45, 2.75) is 13.0 Å². The molecule has 0 amide bonds. The van der Waals surface area contributed by atoms with E-state index in [2.05, 4.69) is 10.2 Å². The van der Waals surface area contributed by atoms with Crippen LogP contribution in [-0.4, -0.2) is 49.4 Å². The van der Waals surface area contributed by atoms with Crippen molar-refractivity contribution in [3.63, 3.8) is 0 Å². The number of aromatic nitrogens is 2. The van der Waals surface area contributed by atoms with Gasteiger partial charge in [0.1, 0.15) is 5.75 Å². The van der Waals surface area contributed by atoms with Gasteiger partial charge >= 0.3 is 6.01 Å². The van der Waals surface area contributed by atoms with Gasteiger partial charge < -0.3 is 19.0 Å². The Labute approximate surface area is 135 Å². The van der Waals surface area contributed by atoms with Gasteiger partial charge in [-0.05, 0) is 44.8 Å². The van der Waals surface area contributed by atoms with Crippen LogP contribution in [0, 0.1) is 0 Å². The lowest BCUT2D eigenvalue weighted by molar-refractivity contribution is 0.310. The van der Waals surface area contributed by atoms with Crippen LogP contribution in [0.3, 0.4) is 0 Å². The highest BCUT2D eigenvalue weighted by Crippen LogP contribution is 2.16. The molecular formula is C15H21ClN4O2. The van der Waals surface area contributed by atoms with Crippen LogP contribution in [0.2, 0.25) is 5.02 Å². The van der Waals surface area contributed by atoms with E-state index in [4.69, 9.17) is 20.8 Å². The first-order valence-electron chi connectivity index (χ1n) is 7.11. The zero-order valence-corrected chi connectivity index (χ0v) is 13.9. The fourth-order valence-corrected chi connectivity index (χ4v) is 1.98. The third kappa shape index (κ3) is 5.20. The molecule has 2 rings (SSSR count). The summed E-state index contributed by atoms with van der Waals surface area (Å²) >= 11 is 5.83. The molecule has 120 valence electrons. The van der Waals surface area contributed by atoms with Gasteiger partial charge in [0.15, 0.2) is 0 Å². The molecule has 0 spiro atoms. The van der Waals surface area contributed by atoms with E-state index in [0.717, 1.165) is 18.7 Å². The highest BCUT2D eigenvalue weighted by Gasteiger charge is 2.11. The van der Waals surface area contributed by atoms with Crippen molar-refractivity contribution in [3.05, 3.63) is 35.2 Å². The number of hydrogen-bond acceptors (Lipinski definition) is 6. The summed E-state index contributed by atoms with van der Waals surface area (Å²) in [6.07, 6.45) is 0.852. The van der Waals surface area contributed by atoms with Gasteiger partial charge in [-0.25, -0.2) is 0 Å². The molecule has 1 aromatic carbocycles. The van der Waals surface area contributed by atoms with Crippen LogP contribution in [0.15, 0.2) is 28.7 Å². The van der Waals surface area contributed by atoms with Crippen LogP contribution in [0.4, 0.5) is 6.01 Å². The Hall–Kier alpha value is -1.79. The fraction of sp³-hybridized carbons (Fsp3) is 0.467. The van der Waals surface area contributed by atoms with Gasteiger partial charge in [0.2, 0.25) is 5.89 Å². The molecule has 2 aromatic rings. The van der Waals surface area contributed by atoms with Crippen molar-refractivity contribution in [2.75, 3.05) is 39.2 Å². The van der Waals surface area contributed by atoms with Gasteiger partial charge in [0.05, 0.1) is 13.2 Å². The highest BCUT2D eigenvalue weighted by molar-refractivity contribution is 6.30. The summed E-state index contributed by atoms with van der Waals surface area (Å²) in [4.78, 5) is 3.91. The van der Waals surface area contributed by atoms with Crippen molar-refractivity contribution in [3.8, 4) is 5.75 Å². The second-order valence-electron chi connectivity index (χ2n) is 5.29. The minimum absolute atomic E-state index is 0.531. The molecule has 0 unspecified atom stereocenters. The molecule has 1 aromatic heterocycles. The molecule has 0 fully saturated rings. The number of ether oxygens (including phenoxy) is 1. The van der Waals surface area contributed by atoms with Crippen molar-refractivity contribution in [1.82, 2.24) is 15.1 Å². The lowest BCUT2D eigenvalue weighted by Gasteiger charge is -2.14. The highest BCUT2D eigenvalue weighted by atomic mass is 35.5. The van der Waals surface area contributed by atoms with Gasteiger partial charge in [0, 0.05) is 18.6 Å². The fourth-order valence-electron chi connectivity index (χ4n) is 1.85. The summed E-state index contributed by atoms with van der Waals surface area (Å²) in [5.41, 5.74) is 0. The van der Waals surface area contributed by atoms with E-state index >= 15 is 0 Å². The Morgan fingerprint density at radius 3 is 2.55 bits per heavy atom. The van der Waals surface area contributed by atoms with Crippen molar-refractivity contribution < 1.29 is 9.15 Å². The van der Waals surface area contributed by atoms with Crippen molar-refractivity contribution >= 4 is 17.6 Å². The lowest BCUT2D eigenvalue weighted by Crippen LogP contribution is -2.20. The van der Waals surface area contributed by atoms with Gasteiger partial charge in [-0.1, -0.05) is 16.7 Å². The van der Waals surface area contributed by atoms with E-state index in [9.17, 15) is 0 Å². The predicted molar refractivity (Wildman–Crippen MR) is 86.5 cm³/mol. The Morgan fingerprint density at radius 1 is 1.14 bits per heavy atom. The summed E-state index contributed by atoms with van der Waals surface area (Å²) in [6.45, 7) is 2.03. The van der Waals surface area contributed by atoms with Crippen LogP contribution in [0.1, 0.15) is 12.3 Å². The first-order valence-corrected chi connectivity index (χ1v) is 7.49. The maximum Gasteiger partial charge on any atom is 0.317 e. The third-order valence-electron chi connectivity index (χ3n) is 2.95. The standard InChI is InChI=1S/C15H21ClN4O2/c1-19(2)11-14-17-18-15(22-14)20(3)9-4-10-21-13-7-5-12(16)6-8-13/h5-8H,4,9-11H2,1-3H3. The van der Waals surface area contributed by atoms with E-state index in [1.54, 1.807) is 0 Å². The Balaban J connectivity index is 1.72. The van der Waals surface area contributed by atoms with Gasteiger partial charge in [-0.2, -0.15) is 0 Å². The zero-order valence-electron chi connectivity index (χ0n) is 13.1. The molecule has 0 aliphatic heterocycles. The summed E-state index contributed by atoms with van der Waals surface area (Å²) in [5.74, 6) is 1.43. The van der Waals surface area contributed by atoms with E-state index in [1.807, 2.05) is 55.2 Å². The molecule has 6 nitrogen and oxygen atoms in total. The zero-order chi connectivity index (χ0) is 15.9. The summed E-state index contributed by atoms with van der Waals surface area (Å²) in [6, 6.07) is 7.87. The largest absolute Gasteiger partial charge is 0.494 e. The number of nitrogens with zero attached hydrogens (tertiary/aromatic N) is 4. The Morgan fingerprint density at radius 2 is 1.86 bits per heavy atom. The molecule has 0 saturated heterocycles. The van der Waals surface area contributed by atoms with Gasteiger partial charge in [0.25, 0.3) is 0 Å². The molecule has 1 heterocycles. The molecule has 0 saturated carbocycles. The number of halogens is 1. The molecule has 0 bridgehead atoms. The molecule has 0 aliphatic carbocycles. The monoisotopic (exact) mass is 324 g/mol. The van der Waals surface area contributed by atoms with Gasteiger partial charge in [-0.3, -0.25) is 0 Å². The first-order chi connectivity index (χ1) is 10.5. The van der Waals surface area contributed by atoms with E-state index in [0.29, 0.717) is 30.1 Å². The van der Waals surface area contributed by atoms with Crippen molar-refractivity contribution in [1.29, 1.82) is 0 Å². The van der Waals surface area contributed by atoms with Crippen LogP contribution < -0.4 is 9.64 Å². The van der Waals surface area contributed by atoms with E-state index < -0.39 is 0 Å². The molecule has 22 heavy (non-hydrogen) atoms. The molecule has 0 atom stereocenters. The molecule has 0 radical (unpaired) electrons. The smallest absolute Gasteiger partial charge is 0.317 e. The van der Waals surface area contributed by atoms with Crippen LogP contribution in [0.5, 0.6) is 5.75 Å². The third-order valence-corrected chi connectivity index (χ3v) is 3.21. The SMILES string of the molecule is CN(C)Cc1nnc(N(C)CCCOc2ccc(Cl)cc2)o1. The minimum atomic E-state index is 0.531.